The molecule has 6 heteroatoms. The van der Waals surface area contributed by atoms with Crippen LogP contribution in [0.25, 0.3) is 0 Å². The van der Waals surface area contributed by atoms with Crippen LogP contribution in [0.2, 0.25) is 0 Å². The van der Waals surface area contributed by atoms with Crippen molar-refractivity contribution in [2.75, 3.05) is 19.8 Å². The van der Waals surface area contributed by atoms with Gasteiger partial charge in [0.05, 0.1) is 17.6 Å². The zero-order chi connectivity index (χ0) is 15.4. The summed E-state index contributed by atoms with van der Waals surface area (Å²) in [5.41, 5.74) is 8.51. The van der Waals surface area contributed by atoms with Gasteiger partial charge in [0, 0.05) is 19.7 Å². The van der Waals surface area contributed by atoms with Crippen molar-refractivity contribution in [3.8, 4) is 0 Å². The number of hydrogen-bond acceptors (Lipinski definition) is 5. The van der Waals surface area contributed by atoms with Gasteiger partial charge in [-0.3, -0.25) is 5.41 Å². The molecule has 0 saturated heterocycles. The molecule has 0 bridgehead atoms. The average Bonchev–Trinajstić information content (AvgIpc) is 2.45. The molecular formula is C15H18N6. The molecule has 1 aromatic carbocycles. The number of anilines is 1. The maximum Gasteiger partial charge on any atom is 0.168 e. The molecule has 6 nitrogen and oxygen atoms in total. The largest absolute Gasteiger partial charge is 0.383 e. The molecule has 0 aliphatic carbocycles. The van der Waals surface area contributed by atoms with E-state index in [4.69, 9.17) is 11.1 Å². The molecule has 1 heterocycles. The maximum absolute atomic E-state index is 8.36. The van der Waals surface area contributed by atoms with Crippen LogP contribution >= 0.6 is 0 Å². The minimum absolute atomic E-state index is 0.251. The molecule has 0 radical (unpaired) electrons. The SMILES string of the molecule is Cc1ccc(C(=N)c2c(N)ncnc2N=CN(C)C)cc1. The maximum atomic E-state index is 8.36. The van der Waals surface area contributed by atoms with E-state index in [0.717, 1.165) is 11.1 Å². The number of nitrogens with zero attached hydrogens (tertiary/aromatic N) is 4. The van der Waals surface area contributed by atoms with Gasteiger partial charge in [0.2, 0.25) is 0 Å². The molecule has 0 unspecified atom stereocenters. The van der Waals surface area contributed by atoms with Crippen LogP contribution in [0, 0.1) is 12.3 Å². The smallest absolute Gasteiger partial charge is 0.168 e. The lowest BCUT2D eigenvalue weighted by atomic mass is 10.0. The van der Waals surface area contributed by atoms with Crippen molar-refractivity contribution in [3.05, 3.63) is 47.3 Å². The van der Waals surface area contributed by atoms with Crippen LogP contribution in [0.15, 0.2) is 35.6 Å². The van der Waals surface area contributed by atoms with Gasteiger partial charge in [-0.2, -0.15) is 0 Å². The van der Waals surface area contributed by atoms with Crippen molar-refractivity contribution >= 4 is 23.7 Å². The number of nitrogen functional groups attached to an aromatic ring is 1. The Kier molecular flexibility index (Phi) is 4.27. The Balaban J connectivity index is 2.47. The Bertz CT molecular complexity index is 673. The highest BCUT2D eigenvalue weighted by Gasteiger charge is 2.15. The predicted octanol–water partition coefficient (Wildman–Crippen LogP) is 2.00. The zero-order valence-electron chi connectivity index (χ0n) is 12.3. The molecule has 0 spiro atoms. The Morgan fingerprint density at radius 2 is 1.90 bits per heavy atom. The minimum Gasteiger partial charge on any atom is -0.383 e. The van der Waals surface area contributed by atoms with E-state index in [9.17, 15) is 0 Å². The highest BCUT2D eigenvalue weighted by atomic mass is 15.1. The fourth-order valence-electron chi connectivity index (χ4n) is 1.76. The van der Waals surface area contributed by atoms with Crippen LogP contribution in [-0.4, -0.2) is 41.0 Å². The Labute approximate surface area is 123 Å². The van der Waals surface area contributed by atoms with Crippen LogP contribution in [0.3, 0.4) is 0 Å². The van der Waals surface area contributed by atoms with Gasteiger partial charge >= 0.3 is 0 Å². The molecule has 0 fully saturated rings. The van der Waals surface area contributed by atoms with Crippen molar-refractivity contribution < 1.29 is 0 Å². The molecule has 108 valence electrons. The average molecular weight is 282 g/mol. The molecule has 0 atom stereocenters. The highest BCUT2D eigenvalue weighted by molar-refractivity contribution is 6.16. The number of aromatic nitrogens is 2. The molecule has 0 aliphatic rings. The van der Waals surface area contributed by atoms with Gasteiger partial charge in [-0.05, 0) is 6.92 Å². The van der Waals surface area contributed by atoms with E-state index < -0.39 is 0 Å². The van der Waals surface area contributed by atoms with Crippen molar-refractivity contribution in [3.63, 3.8) is 0 Å². The summed E-state index contributed by atoms with van der Waals surface area (Å²) in [4.78, 5) is 14.1. The van der Waals surface area contributed by atoms with E-state index in [2.05, 4.69) is 15.0 Å². The number of aliphatic imine (C=N–C) groups is 1. The molecule has 2 aromatic rings. The molecular weight excluding hydrogens is 264 g/mol. The first-order chi connectivity index (χ1) is 9.99. The van der Waals surface area contributed by atoms with E-state index in [-0.39, 0.29) is 11.5 Å². The lowest BCUT2D eigenvalue weighted by Gasteiger charge is -2.10. The first kappa shape index (κ1) is 14.6. The summed E-state index contributed by atoms with van der Waals surface area (Å²) >= 11 is 0. The number of nitrogens with one attached hydrogen (secondary N) is 1. The normalized spacial score (nSPS) is 10.8. The predicted molar refractivity (Wildman–Crippen MR) is 85.4 cm³/mol. The van der Waals surface area contributed by atoms with Crippen molar-refractivity contribution in [1.82, 2.24) is 14.9 Å². The minimum atomic E-state index is 0.251. The fraction of sp³-hybridized carbons (Fsp3) is 0.200. The molecule has 1 aromatic heterocycles. The quantitative estimate of drug-likeness (QED) is 0.663. The standard InChI is InChI=1S/C15H18N6/c1-10-4-6-11(7-5-10)13(16)12-14(17)18-8-19-15(12)20-9-21(2)3/h4-9,16H,1-3H3,(H2,17,18,19). The summed E-state index contributed by atoms with van der Waals surface area (Å²) in [6.45, 7) is 2.00. The van der Waals surface area contributed by atoms with Crippen LogP contribution < -0.4 is 5.73 Å². The van der Waals surface area contributed by atoms with Crippen LogP contribution in [0.5, 0.6) is 0 Å². The van der Waals surface area contributed by atoms with Gasteiger partial charge in [0.15, 0.2) is 5.82 Å². The molecule has 2 rings (SSSR count). The van der Waals surface area contributed by atoms with Gasteiger partial charge in [-0.15, -0.1) is 0 Å². The zero-order valence-corrected chi connectivity index (χ0v) is 12.3. The lowest BCUT2D eigenvalue weighted by molar-refractivity contribution is 0.643. The van der Waals surface area contributed by atoms with E-state index in [0.29, 0.717) is 11.4 Å². The number of rotatable bonds is 4. The summed E-state index contributed by atoms with van der Waals surface area (Å²) in [7, 11) is 3.72. The second kappa shape index (κ2) is 6.13. The fourth-order valence-corrected chi connectivity index (χ4v) is 1.76. The highest BCUT2D eigenvalue weighted by Crippen LogP contribution is 2.23. The van der Waals surface area contributed by atoms with Crippen LogP contribution in [0.4, 0.5) is 11.6 Å². The topological polar surface area (TPSA) is 91.2 Å². The van der Waals surface area contributed by atoms with Crippen LogP contribution in [-0.2, 0) is 0 Å². The van der Waals surface area contributed by atoms with Gasteiger partial charge in [-0.1, -0.05) is 29.8 Å². The van der Waals surface area contributed by atoms with Crippen LogP contribution in [0.1, 0.15) is 16.7 Å². The van der Waals surface area contributed by atoms with Gasteiger partial charge in [0.1, 0.15) is 12.1 Å². The second-order valence-corrected chi connectivity index (χ2v) is 4.91. The third-order valence-corrected chi connectivity index (χ3v) is 2.86. The summed E-state index contributed by atoms with van der Waals surface area (Å²) in [5.74, 6) is 0.642. The van der Waals surface area contributed by atoms with E-state index >= 15 is 0 Å². The first-order valence-electron chi connectivity index (χ1n) is 6.46. The van der Waals surface area contributed by atoms with Crippen molar-refractivity contribution in [2.24, 2.45) is 4.99 Å². The second-order valence-electron chi connectivity index (χ2n) is 4.91. The third-order valence-electron chi connectivity index (χ3n) is 2.86. The van der Waals surface area contributed by atoms with Gasteiger partial charge in [-0.25, -0.2) is 15.0 Å². The number of benzene rings is 1. The molecule has 0 saturated carbocycles. The molecule has 21 heavy (non-hydrogen) atoms. The van der Waals surface area contributed by atoms with Crippen molar-refractivity contribution in [1.29, 1.82) is 5.41 Å². The van der Waals surface area contributed by atoms with E-state index in [1.54, 1.807) is 11.2 Å². The lowest BCUT2D eigenvalue weighted by Crippen LogP contribution is -2.10. The number of aryl methyl sites for hydroxylation is 1. The summed E-state index contributed by atoms with van der Waals surface area (Å²) in [5, 5.41) is 8.36. The summed E-state index contributed by atoms with van der Waals surface area (Å²) in [6.07, 6.45) is 2.97. The summed E-state index contributed by atoms with van der Waals surface area (Å²) in [6, 6.07) is 7.66. The first-order valence-corrected chi connectivity index (χ1v) is 6.46. The number of nitrogens with two attached hydrogens (primary N) is 1. The summed E-state index contributed by atoms with van der Waals surface area (Å²) < 4.78 is 0. The van der Waals surface area contributed by atoms with Gasteiger partial charge in [0.25, 0.3) is 0 Å². The van der Waals surface area contributed by atoms with E-state index in [1.165, 1.54) is 6.33 Å². The Morgan fingerprint density at radius 3 is 2.52 bits per heavy atom. The van der Waals surface area contributed by atoms with E-state index in [1.807, 2.05) is 45.3 Å². The monoisotopic (exact) mass is 282 g/mol. The number of hydrogen-bond donors (Lipinski definition) is 2. The molecule has 3 N–H and O–H groups in total. The van der Waals surface area contributed by atoms with Crippen molar-refractivity contribution in [2.45, 2.75) is 6.92 Å². The molecule has 0 amide bonds. The Hall–Kier alpha value is -2.76. The van der Waals surface area contributed by atoms with Gasteiger partial charge < -0.3 is 10.6 Å². The third kappa shape index (κ3) is 3.42. The Morgan fingerprint density at radius 1 is 1.24 bits per heavy atom. The molecule has 0 aliphatic heterocycles.